The van der Waals surface area contributed by atoms with Gasteiger partial charge in [0.05, 0.1) is 22.7 Å². The molecule has 1 fully saturated rings. The molecular formula is C17H18N6O3. The first-order valence-electron chi connectivity index (χ1n) is 8.39. The number of benzene rings is 1. The second-order valence-electron chi connectivity index (χ2n) is 6.31. The number of fused-ring (bicyclic) bond motifs is 1. The van der Waals surface area contributed by atoms with Crippen LogP contribution in [0.25, 0.3) is 10.9 Å². The van der Waals surface area contributed by atoms with E-state index in [1.807, 2.05) is 23.1 Å². The number of pyridine rings is 1. The molecule has 9 nitrogen and oxygen atoms in total. The number of nitrogens with one attached hydrogen (secondary N) is 2. The van der Waals surface area contributed by atoms with E-state index < -0.39 is 4.92 Å². The molecule has 0 unspecified atom stereocenters. The maximum Gasteiger partial charge on any atom is 0.311 e. The Morgan fingerprint density at radius 2 is 2.08 bits per heavy atom. The van der Waals surface area contributed by atoms with Crippen molar-refractivity contribution in [3.63, 3.8) is 0 Å². The molecule has 1 aliphatic rings. The molecular weight excluding hydrogens is 336 g/mol. The van der Waals surface area contributed by atoms with Gasteiger partial charge in [-0.2, -0.15) is 5.10 Å². The highest BCUT2D eigenvalue weighted by Gasteiger charge is 2.22. The van der Waals surface area contributed by atoms with Crippen LogP contribution >= 0.6 is 0 Å². The van der Waals surface area contributed by atoms with Crippen molar-refractivity contribution in [1.82, 2.24) is 15.2 Å². The summed E-state index contributed by atoms with van der Waals surface area (Å²) < 4.78 is 0. The van der Waals surface area contributed by atoms with Gasteiger partial charge in [-0.3, -0.25) is 15.2 Å². The van der Waals surface area contributed by atoms with Gasteiger partial charge in [0.2, 0.25) is 5.82 Å². The van der Waals surface area contributed by atoms with Crippen LogP contribution in [0.4, 0.5) is 23.0 Å². The number of piperidine rings is 1. The molecule has 3 aromatic rings. The number of aliphatic hydroxyl groups is 1. The summed E-state index contributed by atoms with van der Waals surface area (Å²) in [6, 6.07) is 8.65. The number of aromatic amines is 1. The second kappa shape index (κ2) is 6.60. The maximum absolute atomic E-state index is 11.4. The zero-order valence-electron chi connectivity index (χ0n) is 13.9. The molecule has 134 valence electrons. The van der Waals surface area contributed by atoms with Gasteiger partial charge in [-0.25, -0.2) is 4.98 Å². The van der Waals surface area contributed by atoms with E-state index >= 15 is 0 Å². The molecule has 0 amide bonds. The van der Waals surface area contributed by atoms with E-state index in [1.54, 1.807) is 12.3 Å². The Kier molecular flexibility index (Phi) is 4.13. The summed E-state index contributed by atoms with van der Waals surface area (Å²) in [5, 5.41) is 31.9. The van der Waals surface area contributed by atoms with Crippen LogP contribution in [0.15, 0.2) is 36.5 Å². The van der Waals surface area contributed by atoms with Crippen molar-refractivity contribution in [1.29, 1.82) is 0 Å². The predicted octanol–water partition coefficient (Wildman–Crippen LogP) is 2.57. The maximum atomic E-state index is 11.4. The van der Waals surface area contributed by atoms with E-state index in [-0.39, 0.29) is 17.6 Å². The van der Waals surface area contributed by atoms with Gasteiger partial charge in [-0.05, 0) is 37.1 Å². The lowest BCUT2D eigenvalue weighted by Gasteiger charge is -2.30. The molecule has 1 aliphatic heterocycles. The molecule has 3 heterocycles. The number of nitrogens with zero attached hydrogens (tertiary/aromatic N) is 4. The van der Waals surface area contributed by atoms with Crippen molar-refractivity contribution in [2.24, 2.45) is 0 Å². The lowest BCUT2D eigenvalue weighted by Crippen LogP contribution is -2.36. The summed E-state index contributed by atoms with van der Waals surface area (Å²) in [5.74, 6) is 0.852. The number of anilines is 3. The molecule has 9 heteroatoms. The molecule has 3 N–H and O–H groups in total. The Balaban J connectivity index is 1.65. The van der Waals surface area contributed by atoms with Crippen molar-refractivity contribution < 1.29 is 10.0 Å². The van der Waals surface area contributed by atoms with Crippen molar-refractivity contribution in [3.05, 3.63) is 46.6 Å². The third-order valence-corrected chi connectivity index (χ3v) is 4.55. The molecule has 0 spiro atoms. The van der Waals surface area contributed by atoms with Crippen LogP contribution in [0.3, 0.4) is 0 Å². The molecule has 4 rings (SSSR count). The van der Waals surface area contributed by atoms with Crippen LogP contribution in [-0.2, 0) is 0 Å². The van der Waals surface area contributed by atoms with Gasteiger partial charge >= 0.3 is 5.69 Å². The van der Waals surface area contributed by atoms with Gasteiger partial charge < -0.3 is 15.3 Å². The lowest BCUT2D eigenvalue weighted by molar-refractivity contribution is -0.384. The van der Waals surface area contributed by atoms with Gasteiger partial charge in [0, 0.05) is 30.2 Å². The quantitative estimate of drug-likeness (QED) is 0.486. The highest BCUT2D eigenvalue weighted by molar-refractivity contribution is 5.83. The van der Waals surface area contributed by atoms with E-state index in [9.17, 15) is 15.2 Å². The van der Waals surface area contributed by atoms with Gasteiger partial charge in [-0.15, -0.1) is 0 Å². The van der Waals surface area contributed by atoms with Gasteiger partial charge in [0.15, 0.2) is 0 Å². The topological polar surface area (TPSA) is 120 Å². The van der Waals surface area contributed by atoms with E-state index in [2.05, 4.69) is 20.5 Å². The number of aliphatic hydroxyl groups excluding tert-OH is 1. The summed E-state index contributed by atoms with van der Waals surface area (Å²) in [6.45, 7) is 1.34. The number of hydrogen-bond donors (Lipinski definition) is 3. The first kappa shape index (κ1) is 16.3. The van der Waals surface area contributed by atoms with E-state index in [4.69, 9.17) is 0 Å². The first-order chi connectivity index (χ1) is 12.6. The number of hydrogen-bond acceptors (Lipinski definition) is 7. The summed E-state index contributed by atoms with van der Waals surface area (Å²) in [4.78, 5) is 17.4. The Hall–Kier alpha value is -3.20. The zero-order valence-corrected chi connectivity index (χ0v) is 13.9. The largest absolute Gasteiger partial charge is 0.393 e. The van der Waals surface area contributed by atoms with Crippen molar-refractivity contribution >= 4 is 33.9 Å². The monoisotopic (exact) mass is 354 g/mol. The Labute approximate surface area is 148 Å². The van der Waals surface area contributed by atoms with E-state index in [0.717, 1.165) is 10.9 Å². The highest BCUT2D eigenvalue weighted by Crippen LogP contribution is 2.30. The third-order valence-electron chi connectivity index (χ3n) is 4.55. The Morgan fingerprint density at radius 1 is 1.27 bits per heavy atom. The molecule has 2 aromatic heterocycles. The van der Waals surface area contributed by atoms with Gasteiger partial charge in [0.25, 0.3) is 0 Å². The number of H-pyrrole nitrogens is 1. The summed E-state index contributed by atoms with van der Waals surface area (Å²) >= 11 is 0. The van der Waals surface area contributed by atoms with Crippen molar-refractivity contribution in [3.8, 4) is 0 Å². The Morgan fingerprint density at radius 3 is 2.85 bits per heavy atom. The van der Waals surface area contributed by atoms with Crippen LogP contribution < -0.4 is 10.2 Å². The molecule has 0 aliphatic carbocycles. The van der Waals surface area contributed by atoms with Crippen molar-refractivity contribution in [2.75, 3.05) is 23.3 Å². The highest BCUT2D eigenvalue weighted by atomic mass is 16.6. The normalized spacial score (nSPS) is 15.3. The fraction of sp³-hybridized carbons (Fsp3) is 0.294. The van der Waals surface area contributed by atoms with Gasteiger partial charge in [-0.1, -0.05) is 0 Å². The predicted molar refractivity (Wildman–Crippen MR) is 97.7 cm³/mol. The molecule has 26 heavy (non-hydrogen) atoms. The summed E-state index contributed by atoms with van der Waals surface area (Å²) in [6.07, 6.45) is 2.75. The van der Waals surface area contributed by atoms with Gasteiger partial charge in [0.1, 0.15) is 5.82 Å². The summed E-state index contributed by atoms with van der Waals surface area (Å²) in [7, 11) is 0. The van der Waals surface area contributed by atoms with E-state index in [0.29, 0.717) is 37.4 Å². The lowest BCUT2D eigenvalue weighted by atomic mass is 10.1. The van der Waals surface area contributed by atoms with Crippen molar-refractivity contribution in [2.45, 2.75) is 18.9 Å². The zero-order chi connectivity index (χ0) is 18.1. The minimum Gasteiger partial charge on any atom is -0.393 e. The Bertz CT molecular complexity index is 949. The molecule has 0 saturated carbocycles. The minimum absolute atomic E-state index is 0.0875. The fourth-order valence-electron chi connectivity index (χ4n) is 3.10. The van der Waals surface area contributed by atoms with Crippen LogP contribution in [0.1, 0.15) is 12.8 Å². The average Bonchev–Trinajstić information content (AvgIpc) is 3.10. The molecule has 1 aromatic carbocycles. The van der Waals surface area contributed by atoms with Crippen LogP contribution in [0, 0.1) is 10.1 Å². The fourth-order valence-corrected chi connectivity index (χ4v) is 3.10. The third kappa shape index (κ3) is 3.16. The molecule has 0 bridgehead atoms. The SMILES string of the molecule is O=[N+]([O-])c1ccc(N2CCC(O)CC2)nc1Nc1ccc2cn[nH]c2c1. The summed E-state index contributed by atoms with van der Waals surface area (Å²) in [5.41, 5.74) is 1.43. The minimum atomic E-state index is -0.451. The number of nitro groups is 1. The number of rotatable bonds is 4. The average molecular weight is 354 g/mol. The molecule has 0 radical (unpaired) electrons. The molecule has 1 saturated heterocycles. The standard InChI is InChI=1S/C17H18N6O3/c24-13-5-7-22(8-6-13)16-4-3-15(23(25)26)17(20-16)19-12-2-1-11-10-18-21-14(11)9-12/h1-4,9-10,13,24H,5-8H2,(H,18,21)(H,19,20). The van der Waals surface area contributed by atoms with Crippen LogP contribution in [0.5, 0.6) is 0 Å². The second-order valence-corrected chi connectivity index (χ2v) is 6.31. The van der Waals surface area contributed by atoms with Crippen LogP contribution in [0.2, 0.25) is 0 Å². The van der Waals surface area contributed by atoms with E-state index in [1.165, 1.54) is 6.07 Å². The molecule has 0 atom stereocenters. The van der Waals surface area contributed by atoms with Crippen LogP contribution in [-0.4, -0.2) is 44.4 Å². The smallest absolute Gasteiger partial charge is 0.311 e. The number of aromatic nitrogens is 3. The first-order valence-corrected chi connectivity index (χ1v) is 8.39.